The lowest BCUT2D eigenvalue weighted by molar-refractivity contribution is -0.139. The van der Waals surface area contributed by atoms with Gasteiger partial charge >= 0.3 is 0 Å². The van der Waals surface area contributed by atoms with Crippen LogP contribution in [0.4, 0.5) is 5.69 Å². The molecule has 0 unspecified atom stereocenters. The minimum atomic E-state index is -1.71. The Morgan fingerprint density at radius 3 is 1.90 bits per heavy atom. The van der Waals surface area contributed by atoms with E-state index >= 15 is 0 Å². The van der Waals surface area contributed by atoms with Crippen LogP contribution in [0.25, 0.3) is 10.9 Å². The maximum absolute atomic E-state index is 14.4. The summed E-state index contributed by atoms with van der Waals surface area (Å²) < 4.78 is 0. The molecule has 0 aliphatic rings. The number of imide groups is 1. The molecule has 26 nitrogen and oxygen atoms in total. The number of rotatable bonds is 31. The van der Waals surface area contributed by atoms with Gasteiger partial charge in [0.15, 0.2) is 0 Å². The fourth-order valence-corrected chi connectivity index (χ4v) is 9.08. The number of carbonyl (C=O) groups excluding carboxylic acids is 11. The molecule has 0 saturated carbocycles. The van der Waals surface area contributed by atoms with Crippen LogP contribution in [0.3, 0.4) is 0 Å². The lowest BCUT2D eigenvalue weighted by atomic mass is 10.0. The van der Waals surface area contributed by atoms with Crippen molar-refractivity contribution >= 4 is 93.3 Å². The van der Waals surface area contributed by atoms with Crippen LogP contribution in [0.5, 0.6) is 0 Å². The molecule has 2 heterocycles. The quantitative estimate of drug-likeness (QED) is 0.0230. The molecule has 0 aliphatic heterocycles. The van der Waals surface area contributed by atoms with E-state index in [2.05, 4.69) is 52.2 Å². The minimum Gasteiger partial charge on any atom is -0.399 e. The predicted octanol–water partition coefficient (Wildman–Crippen LogP) is -1.30. The summed E-state index contributed by atoms with van der Waals surface area (Å²) in [5.41, 5.74) is 25.2. The molecule has 82 heavy (non-hydrogen) atoms. The molecule has 2 aromatic heterocycles. The lowest BCUT2D eigenvalue weighted by Gasteiger charge is -2.31. The first-order valence-corrected chi connectivity index (χ1v) is 27.6. The second kappa shape index (κ2) is 31.0. The van der Waals surface area contributed by atoms with Gasteiger partial charge in [0.2, 0.25) is 59.1 Å². The maximum Gasteiger partial charge on any atom is 0.261 e. The van der Waals surface area contributed by atoms with E-state index in [9.17, 15) is 52.7 Å². The summed E-state index contributed by atoms with van der Waals surface area (Å²) in [6.45, 7) is 3.15. The van der Waals surface area contributed by atoms with E-state index in [4.69, 9.17) is 22.9 Å². The van der Waals surface area contributed by atoms with Gasteiger partial charge in [-0.3, -0.25) is 57.6 Å². The summed E-state index contributed by atoms with van der Waals surface area (Å²) in [6.07, 6.45) is 5.27. The van der Waals surface area contributed by atoms with E-state index in [1.165, 1.54) is 55.5 Å². The summed E-state index contributed by atoms with van der Waals surface area (Å²) in [5, 5.41) is 18.9. The van der Waals surface area contributed by atoms with Crippen LogP contribution in [0, 0.1) is 5.92 Å². The third-order valence-electron chi connectivity index (χ3n) is 13.1. The van der Waals surface area contributed by atoms with Crippen molar-refractivity contribution in [2.45, 2.75) is 102 Å². The van der Waals surface area contributed by atoms with Gasteiger partial charge in [0.25, 0.3) is 5.91 Å². The monoisotopic (exact) mass is 1150 g/mol. The molecule has 11 amide bonds. The molecule has 17 N–H and O–H groups in total. The van der Waals surface area contributed by atoms with Crippen molar-refractivity contribution in [1.82, 2.24) is 57.1 Å². The largest absolute Gasteiger partial charge is 0.399 e. The van der Waals surface area contributed by atoms with Crippen molar-refractivity contribution in [3.05, 3.63) is 120 Å². The fraction of sp³-hybridized carbons (Fsp3) is 0.382. The molecule has 0 aliphatic carbocycles. The summed E-state index contributed by atoms with van der Waals surface area (Å²) in [5.74, 6) is -9.54. The summed E-state index contributed by atoms with van der Waals surface area (Å²) in [6, 6.07) is 11.9. The zero-order chi connectivity index (χ0) is 60.0. The SMILES string of the molecule is CSCC[C@H](NC(=O)[C@H](Cc1ccccc1)NC(=O)[C@H](Cc1cnc[nH]1)NC(=O)CNC(=O)[C@@H](NC(=O)[C@H](C)NC(=O)[C@H](Cc1c[nH]c2ccccc12)NC(=O)[C@H](CCC(N)=O)N(C(=O)CN)C(=O)c1ccc(N)cc1)C(C)C)C(N)=O. The number of nitrogens with two attached hydrogens (primary N) is 4. The highest BCUT2D eigenvalue weighted by Crippen LogP contribution is 2.21. The molecule has 7 atom stereocenters. The Morgan fingerprint density at radius 2 is 1.28 bits per heavy atom. The van der Waals surface area contributed by atoms with Gasteiger partial charge in [0.1, 0.15) is 42.3 Å². The van der Waals surface area contributed by atoms with Crippen LogP contribution < -0.4 is 60.2 Å². The number of benzene rings is 3. The van der Waals surface area contributed by atoms with E-state index in [1.807, 2.05) is 6.26 Å². The molecule has 0 bridgehead atoms. The number of hydrogen-bond donors (Lipinski definition) is 13. The number of nitrogen functional groups attached to an aromatic ring is 1. The smallest absolute Gasteiger partial charge is 0.261 e. The molecule has 27 heteroatoms. The Bertz CT molecular complexity index is 3050. The molecule has 0 spiro atoms. The lowest BCUT2D eigenvalue weighted by Crippen LogP contribution is -2.60. The van der Waals surface area contributed by atoms with Gasteiger partial charge < -0.3 is 70.1 Å². The summed E-state index contributed by atoms with van der Waals surface area (Å²) in [4.78, 5) is 160. The van der Waals surface area contributed by atoms with E-state index in [0.29, 0.717) is 44.1 Å². The topological polar surface area (TPSA) is 424 Å². The van der Waals surface area contributed by atoms with Gasteiger partial charge in [-0.15, -0.1) is 0 Å². The van der Waals surface area contributed by atoms with Crippen LogP contribution in [-0.2, 0) is 67.2 Å². The van der Waals surface area contributed by atoms with E-state index < -0.39 is 139 Å². The number of amides is 11. The first-order valence-electron chi connectivity index (χ1n) is 26.2. The third-order valence-corrected chi connectivity index (χ3v) is 13.7. The van der Waals surface area contributed by atoms with Gasteiger partial charge in [-0.25, -0.2) is 4.98 Å². The fourth-order valence-electron chi connectivity index (χ4n) is 8.61. The van der Waals surface area contributed by atoms with Crippen molar-refractivity contribution in [3.63, 3.8) is 0 Å². The second-order valence-corrected chi connectivity index (χ2v) is 20.6. The van der Waals surface area contributed by atoms with E-state index in [-0.39, 0.29) is 31.2 Å². The van der Waals surface area contributed by atoms with Gasteiger partial charge in [-0.1, -0.05) is 62.4 Å². The standard InChI is InChI=1S/C55H71N15O11S/c1-30(2)47(54(80)62-28-45(72)65-42(24-36-27-60-29-63-36)52(78)67-40(22-32-10-6-5-7-11-32)51(77)66-39(48(59)74)20-21-82-4)69-49(75)31(3)64-50(76)41(23-34-26-61-38-13-9-8-12-37(34)38)68-53(79)43(18-19-44(58)71)70(46(73)25-56)55(81)33-14-16-35(57)17-15-33/h5-17,26-27,29-31,39-43,47,61H,18-25,28,56-57H2,1-4H3,(H2,58,71)(H2,59,74)(H,60,63)(H,62,80)(H,64,76)(H,65,72)(H,66,77)(H,67,78)(H,68,79)(H,69,75)/t31-,39-,40-,41-,42-,43-,47-/m0/s1. The van der Waals surface area contributed by atoms with Crippen molar-refractivity contribution in [1.29, 1.82) is 0 Å². The number of anilines is 1. The van der Waals surface area contributed by atoms with Gasteiger partial charge in [-0.2, -0.15) is 11.8 Å². The number of carbonyl (C=O) groups is 11. The van der Waals surface area contributed by atoms with Crippen LogP contribution in [-0.4, -0.2) is 152 Å². The van der Waals surface area contributed by atoms with Crippen molar-refractivity contribution in [2.75, 3.05) is 30.8 Å². The predicted molar refractivity (Wildman–Crippen MR) is 305 cm³/mol. The van der Waals surface area contributed by atoms with E-state index in [1.54, 1.807) is 74.6 Å². The van der Waals surface area contributed by atoms with Crippen LogP contribution in [0.1, 0.15) is 67.2 Å². The van der Waals surface area contributed by atoms with Gasteiger partial charge in [0.05, 0.1) is 19.4 Å². The Hall–Kier alpha value is -9.11. The molecule has 5 aromatic rings. The Balaban J connectivity index is 1.30. The first kappa shape index (κ1) is 63.7. The number of imidazole rings is 1. The first-order chi connectivity index (χ1) is 39.1. The normalized spacial score (nSPS) is 13.6. The summed E-state index contributed by atoms with van der Waals surface area (Å²) in [7, 11) is 0. The van der Waals surface area contributed by atoms with Gasteiger partial charge in [0, 0.05) is 65.9 Å². The number of H-pyrrole nitrogens is 2. The molecule has 0 fully saturated rings. The summed E-state index contributed by atoms with van der Waals surface area (Å²) >= 11 is 1.45. The number of para-hydroxylation sites is 1. The number of nitrogens with one attached hydrogen (secondary N) is 9. The molecule has 3 aromatic carbocycles. The Labute approximate surface area is 476 Å². The number of nitrogens with zero attached hydrogens (tertiary/aromatic N) is 2. The number of hydrogen-bond acceptors (Lipinski definition) is 15. The third kappa shape index (κ3) is 18.8. The number of aromatic amines is 2. The van der Waals surface area contributed by atoms with E-state index in [0.717, 1.165) is 0 Å². The highest BCUT2D eigenvalue weighted by Gasteiger charge is 2.38. The molecule has 0 saturated heterocycles. The number of aromatic nitrogens is 3. The molecular weight excluding hydrogens is 1080 g/mol. The van der Waals surface area contributed by atoms with Crippen LogP contribution in [0.2, 0.25) is 0 Å². The average molecular weight is 1150 g/mol. The van der Waals surface area contributed by atoms with Crippen molar-refractivity contribution in [2.24, 2.45) is 23.1 Å². The number of thioether (sulfide) groups is 1. The second-order valence-electron chi connectivity index (χ2n) is 19.6. The van der Waals surface area contributed by atoms with Crippen molar-refractivity contribution in [3.8, 4) is 0 Å². The van der Waals surface area contributed by atoms with Gasteiger partial charge in [-0.05, 0) is 79.2 Å². The molecule has 0 radical (unpaired) electrons. The minimum absolute atomic E-state index is 0.00745. The Kier molecular flexibility index (Phi) is 24.1. The number of primary amides is 2. The zero-order valence-electron chi connectivity index (χ0n) is 45.8. The Morgan fingerprint density at radius 1 is 0.659 bits per heavy atom. The highest BCUT2D eigenvalue weighted by atomic mass is 32.2. The average Bonchev–Trinajstić information content (AvgIpc) is 4.23. The molecule has 438 valence electrons. The van der Waals surface area contributed by atoms with Crippen molar-refractivity contribution < 1.29 is 52.7 Å². The number of fused-ring (bicyclic) bond motifs is 1. The maximum atomic E-state index is 14.4. The van der Waals surface area contributed by atoms with Crippen LogP contribution >= 0.6 is 11.8 Å². The zero-order valence-corrected chi connectivity index (χ0v) is 46.6. The molecule has 5 rings (SSSR count). The molecular formula is C55H71N15O11S. The van der Waals surface area contributed by atoms with Crippen LogP contribution in [0.15, 0.2) is 97.6 Å². The highest BCUT2D eigenvalue weighted by molar-refractivity contribution is 7.98.